The molecule has 0 aliphatic heterocycles. The summed E-state index contributed by atoms with van der Waals surface area (Å²) in [4.78, 5) is 11.7. The van der Waals surface area contributed by atoms with Crippen LogP contribution in [0.1, 0.15) is 11.1 Å². The highest BCUT2D eigenvalue weighted by atomic mass is 16.1. The van der Waals surface area contributed by atoms with E-state index < -0.39 is 0 Å². The minimum absolute atomic E-state index is 0.0679. The first-order valence-electron chi connectivity index (χ1n) is 5.39. The molecule has 2 rings (SSSR count). The second-order valence-corrected chi connectivity index (χ2v) is 3.94. The minimum Gasteiger partial charge on any atom is -0.294 e. The second kappa shape index (κ2) is 4.75. The maximum absolute atomic E-state index is 11.7. The Hall–Kier alpha value is -1.89. The highest BCUT2D eigenvalue weighted by molar-refractivity contribution is 5.98. The Balaban J connectivity index is 2.03. The summed E-state index contributed by atoms with van der Waals surface area (Å²) in [7, 11) is 0. The van der Waals surface area contributed by atoms with Crippen molar-refractivity contribution in [3.8, 4) is 0 Å². The zero-order valence-electron chi connectivity index (χ0n) is 9.26. The number of rotatable bonds is 3. The fraction of sp³-hybridized carbons (Fsp3) is 0.133. The molecule has 1 aromatic rings. The first-order chi connectivity index (χ1) is 7.75. The quantitative estimate of drug-likeness (QED) is 0.699. The molecule has 0 saturated carbocycles. The minimum atomic E-state index is -0.0679. The van der Waals surface area contributed by atoms with Crippen molar-refractivity contribution in [3.05, 3.63) is 65.8 Å². The Labute approximate surface area is 95.8 Å². The summed E-state index contributed by atoms with van der Waals surface area (Å²) < 4.78 is 0. The maximum Gasteiger partial charge on any atom is 0.166 e. The molecule has 0 aromatic heterocycles. The summed E-state index contributed by atoms with van der Waals surface area (Å²) in [5.41, 5.74) is 2.29. The van der Waals surface area contributed by atoms with Gasteiger partial charge in [0.15, 0.2) is 5.78 Å². The van der Waals surface area contributed by atoms with E-state index in [2.05, 4.69) is 0 Å². The Kier molecular flexibility index (Phi) is 3.16. The highest BCUT2D eigenvalue weighted by Gasteiger charge is 2.10. The van der Waals surface area contributed by atoms with Gasteiger partial charge in [0, 0.05) is 0 Å². The fourth-order valence-corrected chi connectivity index (χ4v) is 1.59. The number of hydrogen-bond donors (Lipinski definition) is 0. The number of benzene rings is 1. The van der Waals surface area contributed by atoms with Gasteiger partial charge in [-0.3, -0.25) is 4.79 Å². The van der Waals surface area contributed by atoms with Gasteiger partial charge < -0.3 is 0 Å². The van der Waals surface area contributed by atoms with E-state index in [0.717, 1.165) is 5.56 Å². The van der Waals surface area contributed by atoms with Gasteiger partial charge in [0.25, 0.3) is 0 Å². The zero-order chi connectivity index (χ0) is 11.4. The normalized spacial score (nSPS) is 15.1. The average Bonchev–Trinajstić information content (AvgIpc) is 2.81. The predicted octanol–water partition coefficient (Wildman–Crippen LogP) is 3.32. The van der Waals surface area contributed by atoms with Crippen molar-refractivity contribution in [2.24, 2.45) is 5.92 Å². The highest BCUT2D eigenvalue weighted by Crippen LogP contribution is 2.12. The van der Waals surface area contributed by atoms with Crippen LogP contribution in [0.5, 0.6) is 0 Å². The molecule has 0 fully saturated rings. The molecule has 1 heteroatoms. The standard InChI is InChI=1S/C15H14O/c1-12-6-8-13(9-7-12)10-11-15(16)14-4-2-3-5-14/h2-11,14H,1H3/b11-10+. The molecule has 80 valence electrons. The predicted molar refractivity (Wildman–Crippen MR) is 67.0 cm³/mol. The van der Waals surface area contributed by atoms with Crippen molar-refractivity contribution in [2.45, 2.75) is 6.92 Å². The van der Waals surface area contributed by atoms with Crippen LogP contribution in [0.2, 0.25) is 0 Å². The van der Waals surface area contributed by atoms with E-state index in [1.807, 2.05) is 61.6 Å². The Morgan fingerprint density at radius 2 is 1.75 bits per heavy atom. The SMILES string of the molecule is Cc1ccc(/C=C/C(=O)C2C=CC=C2)cc1. The summed E-state index contributed by atoms with van der Waals surface area (Å²) in [6.45, 7) is 2.05. The van der Waals surface area contributed by atoms with Crippen LogP contribution in [0, 0.1) is 12.8 Å². The lowest BCUT2D eigenvalue weighted by atomic mass is 10.0. The first-order valence-corrected chi connectivity index (χ1v) is 5.39. The molecule has 1 aliphatic carbocycles. The number of carbonyl (C=O) groups is 1. The Bertz CT molecular complexity index is 449. The Morgan fingerprint density at radius 1 is 1.12 bits per heavy atom. The van der Waals surface area contributed by atoms with E-state index in [0.29, 0.717) is 0 Å². The molecule has 0 radical (unpaired) electrons. The number of aryl methyl sites for hydroxylation is 1. The van der Waals surface area contributed by atoms with Gasteiger partial charge in [0.2, 0.25) is 0 Å². The monoisotopic (exact) mass is 210 g/mol. The van der Waals surface area contributed by atoms with Crippen LogP contribution in [0.15, 0.2) is 54.6 Å². The molecule has 16 heavy (non-hydrogen) atoms. The first kappa shape index (κ1) is 10.6. The van der Waals surface area contributed by atoms with Crippen LogP contribution in [0.25, 0.3) is 6.08 Å². The number of allylic oxidation sites excluding steroid dienone is 5. The summed E-state index contributed by atoms with van der Waals surface area (Å²) in [6.07, 6.45) is 11.1. The second-order valence-electron chi connectivity index (χ2n) is 3.94. The molecule has 0 amide bonds. The van der Waals surface area contributed by atoms with Gasteiger partial charge >= 0.3 is 0 Å². The van der Waals surface area contributed by atoms with Crippen LogP contribution in [0.3, 0.4) is 0 Å². The van der Waals surface area contributed by atoms with Crippen molar-refractivity contribution >= 4 is 11.9 Å². The number of hydrogen-bond acceptors (Lipinski definition) is 1. The van der Waals surface area contributed by atoms with Crippen LogP contribution >= 0.6 is 0 Å². The van der Waals surface area contributed by atoms with E-state index in [1.165, 1.54) is 5.56 Å². The van der Waals surface area contributed by atoms with Crippen LogP contribution in [0.4, 0.5) is 0 Å². The maximum atomic E-state index is 11.7. The summed E-state index contributed by atoms with van der Waals surface area (Å²) in [5, 5.41) is 0. The molecule has 0 heterocycles. The molecule has 0 saturated heterocycles. The average molecular weight is 210 g/mol. The van der Waals surface area contributed by atoms with E-state index in [-0.39, 0.29) is 11.7 Å². The van der Waals surface area contributed by atoms with Crippen molar-refractivity contribution < 1.29 is 4.79 Å². The van der Waals surface area contributed by atoms with Crippen LogP contribution in [-0.2, 0) is 4.79 Å². The van der Waals surface area contributed by atoms with Crippen molar-refractivity contribution in [1.82, 2.24) is 0 Å². The van der Waals surface area contributed by atoms with Gasteiger partial charge in [-0.15, -0.1) is 0 Å². The van der Waals surface area contributed by atoms with Crippen molar-refractivity contribution in [3.63, 3.8) is 0 Å². The summed E-state index contributed by atoms with van der Waals surface area (Å²) in [5.74, 6) is 0.0623. The van der Waals surface area contributed by atoms with E-state index in [1.54, 1.807) is 6.08 Å². The van der Waals surface area contributed by atoms with Gasteiger partial charge in [0.05, 0.1) is 5.92 Å². The summed E-state index contributed by atoms with van der Waals surface area (Å²) >= 11 is 0. The van der Waals surface area contributed by atoms with Gasteiger partial charge in [-0.2, -0.15) is 0 Å². The molecule has 0 unspecified atom stereocenters. The smallest absolute Gasteiger partial charge is 0.166 e. The largest absolute Gasteiger partial charge is 0.294 e. The Morgan fingerprint density at radius 3 is 2.38 bits per heavy atom. The van der Waals surface area contributed by atoms with E-state index >= 15 is 0 Å². The van der Waals surface area contributed by atoms with Crippen molar-refractivity contribution in [1.29, 1.82) is 0 Å². The number of ketones is 1. The number of carbonyl (C=O) groups excluding carboxylic acids is 1. The molecule has 1 aromatic carbocycles. The third kappa shape index (κ3) is 2.57. The van der Waals surface area contributed by atoms with Crippen molar-refractivity contribution in [2.75, 3.05) is 0 Å². The molecule has 0 spiro atoms. The lowest BCUT2D eigenvalue weighted by Crippen LogP contribution is -2.03. The molecule has 0 N–H and O–H groups in total. The molecular formula is C15H14O. The van der Waals surface area contributed by atoms with Gasteiger partial charge in [-0.25, -0.2) is 0 Å². The van der Waals surface area contributed by atoms with Gasteiger partial charge in [-0.1, -0.05) is 60.2 Å². The zero-order valence-corrected chi connectivity index (χ0v) is 9.26. The summed E-state index contributed by atoms with van der Waals surface area (Å²) in [6, 6.07) is 8.11. The lowest BCUT2D eigenvalue weighted by Gasteiger charge is -1.98. The molecule has 1 nitrogen and oxygen atoms in total. The van der Waals surface area contributed by atoms with Crippen LogP contribution < -0.4 is 0 Å². The van der Waals surface area contributed by atoms with E-state index in [9.17, 15) is 4.79 Å². The molecule has 0 bridgehead atoms. The lowest BCUT2D eigenvalue weighted by molar-refractivity contribution is -0.115. The third-order valence-corrected chi connectivity index (χ3v) is 2.59. The molecule has 1 aliphatic rings. The van der Waals surface area contributed by atoms with Gasteiger partial charge in [-0.05, 0) is 18.6 Å². The third-order valence-electron chi connectivity index (χ3n) is 2.59. The molecule has 0 atom stereocenters. The molecular weight excluding hydrogens is 196 g/mol. The van der Waals surface area contributed by atoms with E-state index in [4.69, 9.17) is 0 Å². The fourth-order valence-electron chi connectivity index (χ4n) is 1.59. The van der Waals surface area contributed by atoms with Crippen LogP contribution in [-0.4, -0.2) is 5.78 Å². The topological polar surface area (TPSA) is 17.1 Å². The van der Waals surface area contributed by atoms with Gasteiger partial charge in [0.1, 0.15) is 0 Å².